The van der Waals surface area contributed by atoms with Gasteiger partial charge >= 0.3 is 5.97 Å². The lowest BCUT2D eigenvalue weighted by molar-refractivity contribution is -0.152. The Balaban J connectivity index is 2.02. The fourth-order valence-corrected chi connectivity index (χ4v) is 2.88. The lowest BCUT2D eigenvalue weighted by Crippen LogP contribution is -2.47. The molecule has 1 heterocycles. The SMILES string of the molecule is COC1CCC(C(=O)O)(n2nc3ccc(F)cc3n2)CC1. The molecular weight excluding hydrogens is 277 g/mol. The highest BCUT2D eigenvalue weighted by atomic mass is 19.1. The second-order valence-electron chi connectivity index (χ2n) is 5.39. The van der Waals surface area contributed by atoms with Gasteiger partial charge in [0.15, 0.2) is 5.54 Å². The highest BCUT2D eigenvalue weighted by molar-refractivity contribution is 5.78. The third kappa shape index (κ3) is 2.27. The largest absolute Gasteiger partial charge is 0.479 e. The first-order chi connectivity index (χ1) is 10.0. The van der Waals surface area contributed by atoms with Crippen molar-refractivity contribution in [1.82, 2.24) is 15.0 Å². The Morgan fingerprint density at radius 3 is 2.67 bits per heavy atom. The number of aliphatic carboxylic acids is 1. The molecule has 0 amide bonds. The third-order valence-electron chi connectivity index (χ3n) is 4.22. The van der Waals surface area contributed by atoms with Gasteiger partial charge in [-0.1, -0.05) is 0 Å². The van der Waals surface area contributed by atoms with Crippen molar-refractivity contribution in [3.63, 3.8) is 0 Å². The molecule has 6 nitrogen and oxygen atoms in total. The van der Waals surface area contributed by atoms with Gasteiger partial charge in [-0.3, -0.25) is 0 Å². The predicted octanol–water partition coefficient (Wildman–Crippen LogP) is 1.94. The Hall–Kier alpha value is -2.02. The van der Waals surface area contributed by atoms with E-state index >= 15 is 0 Å². The average molecular weight is 293 g/mol. The summed E-state index contributed by atoms with van der Waals surface area (Å²) in [4.78, 5) is 13.0. The van der Waals surface area contributed by atoms with Gasteiger partial charge < -0.3 is 9.84 Å². The van der Waals surface area contributed by atoms with Gasteiger partial charge in [0.1, 0.15) is 16.9 Å². The minimum Gasteiger partial charge on any atom is -0.479 e. The lowest BCUT2D eigenvalue weighted by Gasteiger charge is -2.35. The van der Waals surface area contributed by atoms with E-state index in [4.69, 9.17) is 4.74 Å². The van der Waals surface area contributed by atoms with Crippen molar-refractivity contribution in [1.29, 1.82) is 0 Å². The molecule has 1 aliphatic carbocycles. The van der Waals surface area contributed by atoms with Crippen molar-refractivity contribution in [2.45, 2.75) is 37.3 Å². The number of carboxylic acids is 1. The van der Waals surface area contributed by atoms with Crippen LogP contribution in [0.5, 0.6) is 0 Å². The number of carboxylic acid groups (broad SMARTS) is 1. The van der Waals surface area contributed by atoms with E-state index in [0.29, 0.717) is 36.7 Å². The molecule has 0 spiro atoms. The number of halogens is 1. The lowest BCUT2D eigenvalue weighted by atomic mass is 9.81. The number of methoxy groups -OCH3 is 1. The molecule has 0 saturated heterocycles. The van der Waals surface area contributed by atoms with E-state index < -0.39 is 17.3 Å². The van der Waals surface area contributed by atoms with Crippen molar-refractivity contribution in [2.75, 3.05) is 7.11 Å². The molecule has 3 rings (SSSR count). The molecule has 0 radical (unpaired) electrons. The zero-order valence-electron chi connectivity index (χ0n) is 11.6. The highest BCUT2D eigenvalue weighted by Crippen LogP contribution is 2.36. The predicted molar refractivity (Wildman–Crippen MR) is 72.4 cm³/mol. The standard InChI is InChI=1S/C14H16FN3O3/c1-21-10-4-6-14(7-5-10,13(19)20)18-16-11-3-2-9(15)8-12(11)17-18/h2-3,8,10H,4-7H2,1H3,(H,19,20). The number of carbonyl (C=O) groups is 1. The molecule has 1 fully saturated rings. The number of rotatable bonds is 3. The van der Waals surface area contributed by atoms with Crippen LogP contribution >= 0.6 is 0 Å². The van der Waals surface area contributed by atoms with Crippen LogP contribution in [0.15, 0.2) is 18.2 Å². The van der Waals surface area contributed by atoms with Gasteiger partial charge in [-0.2, -0.15) is 15.0 Å². The van der Waals surface area contributed by atoms with Crippen LogP contribution in [-0.4, -0.2) is 39.3 Å². The van der Waals surface area contributed by atoms with Crippen LogP contribution in [0.1, 0.15) is 25.7 Å². The number of benzene rings is 1. The maximum Gasteiger partial charge on any atom is 0.333 e. The van der Waals surface area contributed by atoms with Gasteiger partial charge in [-0.05, 0) is 37.8 Å². The summed E-state index contributed by atoms with van der Waals surface area (Å²) in [6.45, 7) is 0. The molecular formula is C14H16FN3O3. The van der Waals surface area contributed by atoms with E-state index in [9.17, 15) is 14.3 Å². The summed E-state index contributed by atoms with van der Waals surface area (Å²) in [5.41, 5.74) is -0.319. The topological polar surface area (TPSA) is 77.2 Å². The molecule has 1 aromatic heterocycles. The summed E-state index contributed by atoms with van der Waals surface area (Å²) >= 11 is 0. The van der Waals surface area contributed by atoms with E-state index in [1.165, 1.54) is 23.0 Å². The molecule has 21 heavy (non-hydrogen) atoms. The fraction of sp³-hybridized carbons (Fsp3) is 0.500. The Bertz CT molecular complexity index is 677. The number of ether oxygens (including phenoxy) is 1. The summed E-state index contributed by atoms with van der Waals surface area (Å²) in [6, 6.07) is 4.05. The van der Waals surface area contributed by atoms with E-state index in [1.807, 2.05) is 0 Å². The van der Waals surface area contributed by atoms with Crippen LogP contribution in [0.2, 0.25) is 0 Å². The summed E-state index contributed by atoms with van der Waals surface area (Å²) in [5, 5.41) is 18.1. The summed E-state index contributed by atoms with van der Waals surface area (Å²) < 4.78 is 18.5. The number of aromatic nitrogens is 3. The first-order valence-electron chi connectivity index (χ1n) is 6.84. The van der Waals surface area contributed by atoms with Crippen molar-refractivity contribution in [3.05, 3.63) is 24.0 Å². The number of hydrogen-bond donors (Lipinski definition) is 1. The summed E-state index contributed by atoms with van der Waals surface area (Å²) in [7, 11) is 1.63. The zero-order valence-corrected chi connectivity index (χ0v) is 11.6. The maximum atomic E-state index is 13.2. The molecule has 0 bridgehead atoms. The Kier molecular flexibility index (Phi) is 3.36. The zero-order chi connectivity index (χ0) is 15.0. The number of hydrogen-bond acceptors (Lipinski definition) is 4. The third-order valence-corrected chi connectivity index (χ3v) is 4.22. The van der Waals surface area contributed by atoms with Gasteiger partial charge in [0.25, 0.3) is 0 Å². The molecule has 112 valence electrons. The minimum atomic E-state index is -1.18. The number of nitrogens with zero attached hydrogens (tertiary/aromatic N) is 3. The molecule has 0 aliphatic heterocycles. The first-order valence-corrected chi connectivity index (χ1v) is 6.84. The van der Waals surface area contributed by atoms with E-state index in [-0.39, 0.29) is 6.10 Å². The van der Waals surface area contributed by atoms with Crippen LogP contribution in [0.4, 0.5) is 4.39 Å². The Labute approximate surface area is 120 Å². The molecule has 1 saturated carbocycles. The fourth-order valence-electron chi connectivity index (χ4n) is 2.88. The molecule has 7 heteroatoms. The van der Waals surface area contributed by atoms with Gasteiger partial charge in [0, 0.05) is 13.2 Å². The van der Waals surface area contributed by atoms with Crippen molar-refractivity contribution < 1.29 is 19.0 Å². The van der Waals surface area contributed by atoms with Crippen LogP contribution in [0, 0.1) is 5.82 Å². The maximum absolute atomic E-state index is 13.2. The average Bonchev–Trinajstić information content (AvgIpc) is 2.90. The molecule has 0 unspecified atom stereocenters. The van der Waals surface area contributed by atoms with Crippen LogP contribution < -0.4 is 0 Å². The van der Waals surface area contributed by atoms with E-state index in [2.05, 4.69) is 10.2 Å². The second kappa shape index (κ2) is 5.07. The van der Waals surface area contributed by atoms with Crippen LogP contribution in [0.25, 0.3) is 11.0 Å². The van der Waals surface area contributed by atoms with Gasteiger partial charge in [0.2, 0.25) is 0 Å². The Morgan fingerprint density at radius 1 is 1.38 bits per heavy atom. The summed E-state index contributed by atoms with van der Waals surface area (Å²) in [6.07, 6.45) is 2.12. The van der Waals surface area contributed by atoms with Crippen molar-refractivity contribution >= 4 is 17.0 Å². The molecule has 1 N–H and O–H groups in total. The quantitative estimate of drug-likeness (QED) is 0.935. The summed E-state index contributed by atoms with van der Waals surface area (Å²) in [5.74, 6) is -1.38. The van der Waals surface area contributed by atoms with E-state index in [0.717, 1.165) is 0 Å². The minimum absolute atomic E-state index is 0.0693. The van der Waals surface area contributed by atoms with Crippen LogP contribution in [-0.2, 0) is 15.1 Å². The Morgan fingerprint density at radius 2 is 2.05 bits per heavy atom. The van der Waals surface area contributed by atoms with Gasteiger partial charge in [0.05, 0.1) is 6.10 Å². The monoisotopic (exact) mass is 293 g/mol. The van der Waals surface area contributed by atoms with Gasteiger partial charge in [-0.15, -0.1) is 0 Å². The number of fused-ring (bicyclic) bond motifs is 1. The van der Waals surface area contributed by atoms with Crippen molar-refractivity contribution in [3.8, 4) is 0 Å². The normalized spacial score (nSPS) is 26.1. The van der Waals surface area contributed by atoms with E-state index in [1.54, 1.807) is 7.11 Å². The first kappa shape index (κ1) is 13.9. The molecule has 1 aliphatic rings. The second-order valence-corrected chi connectivity index (χ2v) is 5.39. The van der Waals surface area contributed by atoms with Gasteiger partial charge in [-0.25, -0.2) is 9.18 Å². The molecule has 0 atom stereocenters. The van der Waals surface area contributed by atoms with Crippen molar-refractivity contribution in [2.24, 2.45) is 0 Å². The molecule has 1 aromatic carbocycles. The van der Waals surface area contributed by atoms with Crippen LogP contribution in [0.3, 0.4) is 0 Å². The molecule has 2 aromatic rings. The highest BCUT2D eigenvalue weighted by Gasteiger charge is 2.46. The smallest absolute Gasteiger partial charge is 0.333 e.